The van der Waals surface area contributed by atoms with Gasteiger partial charge in [-0.1, -0.05) is 0 Å². The summed E-state index contributed by atoms with van der Waals surface area (Å²) in [7, 11) is 0. The standard InChI is InChI=1S/C10H15N5O2/c16-5-3-11-8-6-10(13-7-12-8)15-4-1-2-9(15)14-17/h6-7,9,16H,1-5H2,(H,11,12,13). The first-order valence-electron chi connectivity index (χ1n) is 5.61. The lowest BCUT2D eigenvalue weighted by Gasteiger charge is -2.20. The molecule has 1 aliphatic heterocycles. The lowest BCUT2D eigenvalue weighted by molar-refractivity contribution is 0.311. The molecule has 92 valence electrons. The molecule has 0 saturated carbocycles. The van der Waals surface area contributed by atoms with E-state index in [9.17, 15) is 4.91 Å². The highest BCUT2D eigenvalue weighted by molar-refractivity contribution is 5.49. The van der Waals surface area contributed by atoms with Crippen molar-refractivity contribution in [3.63, 3.8) is 0 Å². The van der Waals surface area contributed by atoms with Crippen LogP contribution in [0, 0.1) is 4.91 Å². The smallest absolute Gasteiger partial charge is 0.164 e. The molecule has 2 N–H and O–H groups in total. The SMILES string of the molecule is O=NC1CCCN1c1cc(NCCO)ncn1. The summed E-state index contributed by atoms with van der Waals surface area (Å²) in [5.74, 6) is 1.34. The van der Waals surface area contributed by atoms with E-state index in [0.29, 0.717) is 18.2 Å². The van der Waals surface area contributed by atoms with Gasteiger partial charge in [0.05, 0.1) is 6.61 Å². The quantitative estimate of drug-likeness (QED) is 0.728. The number of hydrogen-bond acceptors (Lipinski definition) is 7. The third-order valence-corrected chi connectivity index (χ3v) is 2.71. The third-order valence-electron chi connectivity index (χ3n) is 2.71. The average Bonchev–Trinajstić information content (AvgIpc) is 2.85. The van der Waals surface area contributed by atoms with Crippen LogP contribution in [0.1, 0.15) is 12.8 Å². The second kappa shape index (κ2) is 5.53. The van der Waals surface area contributed by atoms with Gasteiger partial charge in [0, 0.05) is 19.2 Å². The first kappa shape index (κ1) is 11.7. The Morgan fingerprint density at radius 2 is 2.47 bits per heavy atom. The third kappa shape index (κ3) is 2.68. The van der Waals surface area contributed by atoms with Crippen LogP contribution in [0.2, 0.25) is 0 Å². The number of aromatic nitrogens is 2. The Morgan fingerprint density at radius 3 is 3.24 bits per heavy atom. The summed E-state index contributed by atoms with van der Waals surface area (Å²) >= 11 is 0. The van der Waals surface area contributed by atoms with Crippen molar-refractivity contribution in [1.29, 1.82) is 0 Å². The van der Waals surface area contributed by atoms with Crippen LogP contribution >= 0.6 is 0 Å². The lowest BCUT2D eigenvalue weighted by Crippen LogP contribution is -2.28. The molecule has 0 amide bonds. The molecule has 0 aromatic carbocycles. The average molecular weight is 237 g/mol. The molecule has 1 aromatic rings. The van der Waals surface area contributed by atoms with E-state index in [1.54, 1.807) is 6.07 Å². The van der Waals surface area contributed by atoms with Gasteiger partial charge in [-0.3, -0.25) is 0 Å². The second-order valence-corrected chi connectivity index (χ2v) is 3.83. The molecular formula is C10H15N5O2. The monoisotopic (exact) mass is 237 g/mol. The number of anilines is 2. The van der Waals surface area contributed by atoms with Crippen molar-refractivity contribution in [2.24, 2.45) is 5.18 Å². The van der Waals surface area contributed by atoms with Crippen molar-refractivity contribution in [2.45, 2.75) is 19.0 Å². The summed E-state index contributed by atoms with van der Waals surface area (Å²) in [6, 6.07) is 1.76. The van der Waals surface area contributed by atoms with Gasteiger partial charge in [-0.15, -0.1) is 4.91 Å². The Morgan fingerprint density at radius 1 is 1.59 bits per heavy atom. The van der Waals surface area contributed by atoms with Crippen molar-refractivity contribution in [2.75, 3.05) is 29.9 Å². The molecule has 2 heterocycles. The second-order valence-electron chi connectivity index (χ2n) is 3.83. The minimum absolute atomic E-state index is 0.0432. The minimum atomic E-state index is -0.324. The fraction of sp³-hybridized carbons (Fsp3) is 0.600. The van der Waals surface area contributed by atoms with Crippen LogP contribution in [0.4, 0.5) is 11.6 Å². The topological polar surface area (TPSA) is 90.7 Å². The van der Waals surface area contributed by atoms with Crippen LogP contribution < -0.4 is 10.2 Å². The number of aliphatic hydroxyl groups excluding tert-OH is 1. The van der Waals surface area contributed by atoms with Crippen molar-refractivity contribution >= 4 is 11.6 Å². The normalized spacial score (nSPS) is 19.4. The Hall–Kier alpha value is -1.76. The largest absolute Gasteiger partial charge is 0.395 e. The summed E-state index contributed by atoms with van der Waals surface area (Å²) in [4.78, 5) is 20.7. The molecule has 1 aromatic heterocycles. The van der Waals surface area contributed by atoms with E-state index in [-0.39, 0.29) is 12.8 Å². The maximum atomic E-state index is 10.7. The molecule has 0 spiro atoms. The molecule has 0 radical (unpaired) electrons. The predicted octanol–water partition coefficient (Wildman–Crippen LogP) is 0.573. The van der Waals surface area contributed by atoms with E-state index in [1.165, 1.54) is 6.33 Å². The van der Waals surface area contributed by atoms with E-state index >= 15 is 0 Å². The van der Waals surface area contributed by atoms with Crippen LogP contribution in [0.5, 0.6) is 0 Å². The zero-order valence-corrected chi connectivity index (χ0v) is 9.41. The van der Waals surface area contributed by atoms with E-state index in [4.69, 9.17) is 5.11 Å². The molecule has 1 aliphatic rings. The van der Waals surface area contributed by atoms with Gasteiger partial charge < -0.3 is 15.3 Å². The highest BCUT2D eigenvalue weighted by atomic mass is 16.3. The van der Waals surface area contributed by atoms with Gasteiger partial charge in [-0.2, -0.15) is 0 Å². The van der Waals surface area contributed by atoms with Crippen LogP contribution in [0.3, 0.4) is 0 Å². The Bertz CT molecular complexity index is 387. The zero-order chi connectivity index (χ0) is 12.1. The van der Waals surface area contributed by atoms with Gasteiger partial charge in [-0.25, -0.2) is 9.97 Å². The van der Waals surface area contributed by atoms with E-state index in [1.807, 2.05) is 4.90 Å². The molecule has 1 unspecified atom stereocenters. The predicted molar refractivity (Wildman–Crippen MR) is 63.8 cm³/mol. The van der Waals surface area contributed by atoms with E-state index in [2.05, 4.69) is 20.5 Å². The maximum absolute atomic E-state index is 10.7. The molecule has 1 fully saturated rings. The molecule has 1 saturated heterocycles. The number of aliphatic hydroxyl groups is 1. The van der Waals surface area contributed by atoms with Crippen LogP contribution in [0.15, 0.2) is 17.6 Å². The lowest BCUT2D eigenvalue weighted by atomic mass is 10.3. The Kier molecular flexibility index (Phi) is 3.81. The molecule has 0 aliphatic carbocycles. The van der Waals surface area contributed by atoms with Crippen LogP contribution in [-0.4, -0.2) is 40.9 Å². The molecule has 7 heteroatoms. The number of hydrogen-bond donors (Lipinski definition) is 2. The Balaban J connectivity index is 2.12. The number of nitroso groups, excluding NO2 is 1. The van der Waals surface area contributed by atoms with E-state index in [0.717, 1.165) is 19.4 Å². The van der Waals surface area contributed by atoms with Crippen molar-refractivity contribution in [3.05, 3.63) is 17.3 Å². The molecule has 7 nitrogen and oxygen atoms in total. The summed E-state index contributed by atoms with van der Waals surface area (Å²) in [6.07, 6.45) is 2.83. The molecular weight excluding hydrogens is 222 g/mol. The summed E-state index contributed by atoms with van der Waals surface area (Å²) in [6.45, 7) is 1.26. The van der Waals surface area contributed by atoms with E-state index < -0.39 is 0 Å². The molecule has 0 bridgehead atoms. The highest BCUT2D eigenvalue weighted by Gasteiger charge is 2.26. The highest BCUT2D eigenvalue weighted by Crippen LogP contribution is 2.25. The fourth-order valence-corrected chi connectivity index (χ4v) is 1.91. The summed E-state index contributed by atoms with van der Waals surface area (Å²) < 4.78 is 0. The van der Waals surface area contributed by atoms with Gasteiger partial charge in [0.1, 0.15) is 18.0 Å². The molecule has 2 rings (SSSR count). The van der Waals surface area contributed by atoms with Gasteiger partial charge in [0.2, 0.25) is 0 Å². The molecule has 1 atom stereocenters. The van der Waals surface area contributed by atoms with Crippen molar-refractivity contribution < 1.29 is 5.11 Å². The maximum Gasteiger partial charge on any atom is 0.164 e. The number of rotatable bonds is 5. The summed E-state index contributed by atoms with van der Waals surface area (Å²) in [5, 5.41) is 14.8. The fourth-order valence-electron chi connectivity index (χ4n) is 1.91. The minimum Gasteiger partial charge on any atom is -0.395 e. The van der Waals surface area contributed by atoms with Crippen LogP contribution in [-0.2, 0) is 0 Å². The first-order valence-corrected chi connectivity index (χ1v) is 5.61. The number of nitrogens with zero attached hydrogens (tertiary/aromatic N) is 4. The van der Waals surface area contributed by atoms with Crippen molar-refractivity contribution in [1.82, 2.24) is 9.97 Å². The van der Waals surface area contributed by atoms with Gasteiger partial charge in [0.15, 0.2) is 6.17 Å². The number of nitrogens with one attached hydrogen (secondary N) is 1. The van der Waals surface area contributed by atoms with Gasteiger partial charge >= 0.3 is 0 Å². The Labute approximate surface area is 98.9 Å². The van der Waals surface area contributed by atoms with Gasteiger partial charge in [0.25, 0.3) is 0 Å². The van der Waals surface area contributed by atoms with Gasteiger partial charge in [-0.05, 0) is 18.0 Å². The van der Waals surface area contributed by atoms with Crippen LogP contribution in [0.25, 0.3) is 0 Å². The van der Waals surface area contributed by atoms with Crippen molar-refractivity contribution in [3.8, 4) is 0 Å². The zero-order valence-electron chi connectivity index (χ0n) is 9.41. The summed E-state index contributed by atoms with van der Waals surface area (Å²) in [5.41, 5.74) is 0. The first-order chi connectivity index (χ1) is 8.35. The molecule has 17 heavy (non-hydrogen) atoms.